The Balaban J connectivity index is 1.96. The molecule has 1 aliphatic rings. The number of benzene rings is 1. The monoisotopic (exact) mass is 255 g/mol. The molecule has 0 fully saturated rings. The highest BCUT2D eigenvalue weighted by atomic mass is 15.3. The molecule has 0 saturated heterocycles. The molecular formula is C16H21N3. The van der Waals surface area contributed by atoms with Crippen molar-refractivity contribution < 1.29 is 0 Å². The molecule has 100 valence electrons. The second-order valence-corrected chi connectivity index (χ2v) is 6.28. The van der Waals surface area contributed by atoms with E-state index >= 15 is 0 Å². The van der Waals surface area contributed by atoms with E-state index in [1.54, 1.807) is 0 Å². The lowest BCUT2D eigenvalue weighted by atomic mass is 9.93. The van der Waals surface area contributed by atoms with Gasteiger partial charge in [-0.15, -0.1) is 0 Å². The first-order valence-electron chi connectivity index (χ1n) is 6.93. The second kappa shape index (κ2) is 4.49. The first-order valence-corrected chi connectivity index (χ1v) is 6.93. The summed E-state index contributed by atoms with van der Waals surface area (Å²) in [6.07, 6.45) is 3.17. The Bertz CT molecular complexity index is 590. The molecule has 1 aromatic carbocycles. The summed E-state index contributed by atoms with van der Waals surface area (Å²) in [5.41, 5.74) is 5.26. The molecule has 1 aliphatic heterocycles. The van der Waals surface area contributed by atoms with Crippen molar-refractivity contribution in [1.82, 2.24) is 15.1 Å². The van der Waals surface area contributed by atoms with Gasteiger partial charge in [-0.05, 0) is 42.3 Å². The fraction of sp³-hybridized carbons (Fsp3) is 0.438. The standard InChI is InChI=1S/C16H21N3/c1-16(2,3)15-7-9-19(18-15)14-5-4-13-11-17-8-6-12(13)10-14/h4-5,7,9-10,17H,6,8,11H2,1-3H3. The third-order valence-electron chi connectivity index (χ3n) is 3.70. The molecule has 0 aliphatic carbocycles. The molecule has 2 heterocycles. The molecule has 3 heteroatoms. The van der Waals surface area contributed by atoms with Crippen molar-refractivity contribution >= 4 is 0 Å². The van der Waals surface area contributed by atoms with Crippen molar-refractivity contribution in [2.24, 2.45) is 0 Å². The van der Waals surface area contributed by atoms with E-state index in [9.17, 15) is 0 Å². The molecule has 0 amide bonds. The van der Waals surface area contributed by atoms with Crippen LogP contribution in [-0.2, 0) is 18.4 Å². The van der Waals surface area contributed by atoms with E-state index in [-0.39, 0.29) is 5.41 Å². The SMILES string of the molecule is CC(C)(C)c1ccn(-c2ccc3c(c2)CCNC3)n1. The first-order chi connectivity index (χ1) is 9.04. The third-order valence-corrected chi connectivity index (χ3v) is 3.70. The molecule has 1 N–H and O–H groups in total. The van der Waals surface area contributed by atoms with Crippen LogP contribution in [0.15, 0.2) is 30.5 Å². The number of hydrogen-bond donors (Lipinski definition) is 1. The van der Waals surface area contributed by atoms with Gasteiger partial charge < -0.3 is 5.32 Å². The zero-order valence-electron chi connectivity index (χ0n) is 11.9. The molecule has 1 aromatic heterocycles. The fourth-order valence-corrected chi connectivity index (χ4v) is 2.47. The summed E-state index contributed by atoms with van der Waals surface area (Å²) in [6, 6.07) is 8.76. The van der Waals surface area contributed by atoms with Gasteiger partial charge in [0.15, 0.2) is 0 Å². The van der Waals surface area contributed by atoms with Gasteiger partial charge in [0.2, 0.25) is 0 Å². The Morgan fingerprint density at radius 1 is 1.16 bits per heavy atom. The molecule has 19 heavy (non-hydrogen) atoms. The summed E-state index contributed by atoms with van der Waals surface area (Å²) in [7, 11) is 0. The van der Waals surface area contributed by atoms with Crippen LogP contribution in [0.4, 0.5) is 0 Å². The predicted octanol–water partition coefficient (Wildman–Crippen LogP) is 2.82. The lowest BCUT2D eigenvalue weighted by molar-refractivity contribution is 0.560. The Kier molecular flexibility index (Phi) is 2.94. The van der Waals surface area contributed by atoms with Gasteiger partial charge in [-0.2, -0.15) is 5.10 Å². The minimum atomic E-state index is 0.101. The van der Waals surface area contributed by atoms with Crippen LogP contribution in [0.2, 0.25) is 0 Å². The van der Waals surface area contributed by atoms with Crippen LogP contribution in [-0.4, -0.2) is 16.3 Å². The maximum Gasteiger partial charge on any atom is 0.0682 e. The maximum absolute atomic E-state index is 4.70. The predicted molar refractivity (Wildman–Crippen MR) is 77.7 cm³/mol. The van der Waals surface area contributed by atoms with Crippen LogP contribution in [0.1, 0.15) is 37.6 Å². The van der Waals surface area contributed by atoms with Crippen molar-refractivity contribution in [2.75, 3.05) is 6.54 Å². The van der Waals surface area contributed by atoms with Crippen molar-refractivity contribution in [3.63, 3.8) is 0 Å². The second-order valence-electron chi connectivity index (χ2n) is 6.28. The Morgan fingerprint density at radius 3 is 2.74 bits per heavy atom. The van der Waals surface area contributed by atoms with Crippen LogP contribution >= 0.6 is 0 Å². The fourth-order valence-electron chi connectivity index (χ4n) is 2.47. The quantitative estimate of drug-likeness (QED) is 0.849. The number of aromatic nitrogens is 2. The Hall–Kier alpha value is -1.61. The van der Waals surface area contributed by atoms with E-state index in [1.165, 1.54) is 11.1 Å². The summed E-state index contributed by atoms with van der Waals surface area (Å²) in [5, 5.41) is 8.10. The summed E-state index contributed by atoms with van der Waals surface area (Å²) >= 11 is 0. The van der Waals surface area contributed by atoms with Crippen LogP contribution in [0.3, 0.4) is 0 Å². The van der Waals surface area contributed by atoms with E-state index in [1.807, 2.05) is 4.68 Å². The average molecular weight is 255 g/mol. The summed E-state index contributed by atoms with van der Waals surface area (Å²) in [5.74, 6) is 0. The number of fused-ring (bicyclic) bond motifs is 1. The minimum Gasteiger partial charge on any atom is -0.312 e. The number of hydrogen-bond acceptors (Lipinski definition) is 2. The van der Waals surface area contributed by atoms with Crippen LogP contribution in [0, 0.1) is 0 Å². The number of nitrogens with zero attached hydrogens (tertiary/aromatic N) is 2. The molecular weight excluding hydrogens is 234 g/mol. The molecule has 0 radical (unpaired) electrons. The van der Waals surface area contributed by atoms with Gasteiger partial charge in [-0.25, -0.2) is 4.68 Å². The molecule has 3 nitrogen and oxygen atoms in total. The highest BCUT2D eigenvalue weighted by Crippen LogP contribution is 2.22. The molecule has 0 bridgehead atoms. The molecule has 0 unspecified atom stereocenters. The van der Waals surface area contributed by atoms with Gasteiger partial charge in [0.1, 0.15) is 0 Å². The van der Waals surface area contributed by atoms with E-state index in [0.29, 0.717) is 0 Å². The summed E-state index contributed by atoms with van der Waals surface area (Å²) < 4.78 is 1.99. The van der Waals surface area contributed by atoms with Crippen molar-refractivity contribution in [3.8, 4) is 5.69 Å². The van der Waals surface area contributed by atoms with Gasteiger partial charge in [-0.1, -0.05) is 26.8 Å². The van der Waals surface area contributed by atoms with Gasteiger partial charge >= 0.3 is 0 Å². The topological polar surface area (TPSA) is 29.9 Å². The van der Waals surface area contributed by atoms with Gasteiger partial charge in [-0.3, -0.25) is 0 Å². The van der Waals surface area contributed by atoms with E-state index in [2.05, 4.69) is 56.6 Å². The number of rotatable bonds is 1. The smallest absolute Gasteiger partial charge is 0.0682 e. The lowest BCUT2D eigenvalue weighted by Gasteiger charge is -2.18. The Morgan fingerprint density at radius 2 is 2.00 bits per heavy atom. The maximum atomic E-state index is 4.70. The molecule has 0 saturated carbocycles. The van der Waals surface area contributed by atoms with Gasteiger partial charge in [0.05, 0.1) is 11.4 Å². The van der Waals surface area contributed by atoms with Crippen molar-refractivity contribution in [1.29, 1.82) is 0 Å². The third kappa shape index (κ3) is 2.43. The van der Waals surface area contributed by atoms with E-state index < -0.39 is 0 Å². The zero-order chi connectivity index (χ0) is 13.5. The zero-order valence-corrected chi connectivity index (χ0v) is 11.9. The minimum absolute atomic E-state index is 0.101. The van der Waals surface area contributed by atoms with Crippen molar-refractivity contribution in [2.45, 2.75) is 39.2 Å². The van der Waals surface area contributed by atoms with E-state index in [4.69, 9.17) is 5.10 Å². The van der Waals surface area contributed by atoms with Crippen molar-refractivity contribution in [3.05, 3.63) is 47.3 Å². The number of nitrogens with one attached hydrogen (secondary N) is 1. The van der Waals surface area contributed by atoms with Gasteiger partial charge in [0.25, 0.3) is 0 Å². The molecule has 2 aromatic rings. The summed E-state index contributed by atoms with van der Waals surface area (Å²) in [4.78, 5) is 0. The largest absolute Gasteiger partial charge is 0.312 e. The average Bonchev–Trinajstić information content (AvgIpc) is 2.87. The van der Waals surface area contributed by atoms with Crippen LogP contribution in [0.5, 0.6) is 0 Å². The van der Waals surface area contributed by atoms with E-state index in [0.717, 1.165) is 30.9 Å². The highest BCUT2D eigenvalue weighted by molar-refractivity contribution is 5.41. The van der Waals surface area contributed by atoms with Gasteiger partial charge in [0, 0.05) is 18.2 Å². The molecule has 3 rings (SSSR count). The summed E-state index contributed by atoms with van der Waals surface area (Å²) in [6.45, 7) is 8.64. The molecule has 0 atom stereocenters. The lowest BCUT2D eigenvalue weighted by Crippen LogP contribution is -2.23. The Labute approximate surface area is 114 Å². The van der Waals surface area contributed by atoms with Crippen LogP contribution < -0.4 is 5.32 Å². The van der Waals surface area contributed by atoms with Crippen LogP contribution in [0.25, 0.3) is 5.69 Å². The first kappa shape index (κ1) is 12.4. The highest BCUT2D eigenvalue weighted by Gasteiger charge is 2.17. The normalized spacial score (nSPS) is 15.3. The molecule has 0 spiro atoms.